The molecule has 4 rings (SSSR count). The molecule has 1 aliphatic rings. The van der Waals surface area contributed by atoms with E-state index in [-0.39, 0.29) is 11.9 Å². The van der Waals surface area contributed by atoms with Gasteiger partial charge in [-0.2, -0.15) is 0 Å². The van der Waals surface area contributed by atoms with Crippen LogP contribution in [0.25, 0.3) is 10.9 Å². The standard InChI is InChI=1S/C22H21N3O3/c26-20(18-14-23-19-11-5-4-10-17(18)19)22(28)25-12-6-9-16(25)13-24-21(27)15-7-2-1-3-8-15/h1-5,7-8,10-11,14,16,23H,6,9,12-13H2,(H,24,27). The molecule has 2 heterocycles. The van der Waals surface area contributed by atoms with Crippen molar-refractivity contribution in [2.24, 2.45) is 0 Å². The highest BCUT2D eigenvalue weighted by Gasteiger charge is 2.33. The topological polar surface area (TPSA) is 82.3 Å². The van der Waals surface area contributed by atoms with Crippen molar-refractivity contribution in [2.45, 2.75) is 18.9 Å². The van der Waals surface area contributed by atoms with Crippen LogP contribution in [0.4, 0.5) is 0 Å². The number of benzene rings is 2. The number of hydrogen-bond acceptors (Lipinski definition) is 3. The molecule has 6 nitrogen and oxygen atoms in total. The van der Waals surface area contributed by atoms with Crippen LogP contribution in [0.5, 0.6) is 0 Å². The van der Waals surface area contributed by atoms with Crippen LogP contribution in [0.1, 0.15) is 33.6 Å². The number of ketones is 1. The number of amides is 2. The second-order valence-corrected chi connectivity index (χ2v) is 6.95. The predicted molar refractivity (Wildman–Crippen MR) is 106 cm³/mol. The largest absolute Gasteiger partial charge is 0.360 e. The molecule has 142 valence electrons. The number of aromatic nitrogens is 1. The zero-order chi connectivity index (χ0) is 19.5. The first-order chi connectivity index (χ1) is 13.6. The van der Waals surface area contributed by atoms with Crippen LogP contribution in [-0.2, 0) is 4.79 Å². The van der Waals surface area contributed by atoms with E-state index in [1.54, 1.807) is 35.4 Å². The highest BCUT2D eigenvalue weighted by molar-refractivity contribution is 6.45. The summed E-state index contributed by atoms with van der Waals surface area (Å²) >= 11 is 0. The first-order valence-corrected chi connectivity index (χ1v) is 9.40. The number of para-hydroxylation sites is 1. The summed E-state index contributed by atoms with van der Waals surface area (Å²) in [5.74, 6) is -1.21. The van der Waals surface area contributed by atoms with Crippen molar-refractivity contribution in [1.82, 2.24) is 15.2 Å². The van der Waals surface area contributed by atoms with Gasteiger partial charge in [-0.1, -0.05) is 36.4 Å². The van der Waals surface area contributed by atoms with Gasteiger partial charge in [-0.15, -0.1) is 0 Å². The van der Waals surface area contributed by atoms with E-state index in [9.17, 15) is 14.4 Å². The lowest BCUT2D eigenvalue weighted by atomic mass is 10.1. The van der Waals surface area contributed by atoms with Gasteiger partial charge < -0.3 is 15.2 Å². The maximum atomic E-state index is 12.9. The Bertz CT molecular complexity index is 1030. The van der Waals surface area contributed by atoms with Crippen molar-refractivity contribution >= 4 is 28.5 Å². The van der Waals surface area contributed by atoms with Crippen LogP contribution in [-0.4, -0.2) is 46.6 Å². The third-order valence-corrected chi connectivity index (χ3v) is 5.20. The number of likely N-dealkylation sites (tertiary alicyclic amines) is 1. The van der Waals surface area contributed by atoms with Gasteiger partial charge in [-0.3, -0.25) is 14.4 Å². The van der Waals surface area contributed by atoms with E-state index >= 15 is 0 Å². The number of H-pyrrole nitrogens is 1. The van der Waals surface area contributed by atoms with E-state index in [1.807, 2.05) is 30.3 Å². The van der Waals surface area contributed by atoms with Crippen LogP contribution in [0.3, 0.4) is 0 Å². The number of nitrogens with zero attached hydrogens (tertiary/aromatic N) is 1. The number of hydrogen-bond donors (Lipinski definition) is 2. The van der Waals surface area contributed by atoms with Gasteiger partial charge in [0.25, 0.3) is 17.6 Å². The molecule has 2 amide bonds. The van der Waals surface area contributed by atoms with Gasteiger partial charge in [-0.05, 0) is 31.0 Å². The van der Waals surface area contributed by atoms with Gasteiger partial charge >= 0.3 is 0 Å². The molecule has 3 aromatic rings. The Kier molecular flexibility index (Phi) is 4.93. The van der Waals surface area contributed by atoms with Crippen molar-refractivity contribution in [1.29, 1.82) is 0 Å². The molecule has 0 radical (unpaired) electrons. The zero-order valence-corrected chi connectivity index (χ0v) is 15.4. The minimum atomic E-state index is -0.515. The average Bonchev–Trinajstić information content (AvgIpc) is 3.38. The summed E-state index contributed by atoms with van der Waals surface area (Å²) in [7, 11) is 0. The summed E-state index contributed by atoms with van der Waals surface area (Å²) in [6.45, 7) is 0.861. The van der Waals surface area contributed by atoms with E-state index in [2.05, 4.69) is 10.3 Å². The molecule has 1 fully saturated rings. The normalized spacial score (nSPS) is 16.3. The predicted octanol–water partition coefficient (Wildman–Crippen LogP) is 2.77. The molecule has 2 aromatic carbocycles. The quantitative estimate of drug-likeness (QED) is 0.531. The number of carbonyl (C=O) groups excluding carboxylic acids is 3. The fourth-order valence-electron chi connectivity index (χ4n) is 3.72. The Labute approximate surface area is 162 Å². The Morgan fingerprint density at radius 1 is 1.04 bits per heavy atom. The number of Topliss-reactive ketones (excluding diaryl/α,β-unsaturated/α-hetero) is 1. The molecule has 0 saturated carbocycles. The second-order valence-electron chi connectivity index (χ2n) is 6.95. The van der Waals surface area contributed by atoms with Crippen molar-refractivity contribution in [3.63, 3.8) is 0 Å². The molecule has 0 aliphatic carbocycles. The fourth-order valence-corrected chi connectivity index (χ4v) is 3.72. The van der Waals surface area contributed by atoms with Crippen molar-refractivity contribution in [2.75, 3.05) is 13.1 Å². The van der Waals surface area contributed by atoms with Crippen LogP contribution in [0.15, 0.2) is 60.8 Å². The summed E-state index contributed by atoms with van der Waals surface area (Å²) < 4.78 is 0. The summed E-state index contributed by atoms with van der Waals surface area (Å²) in [5, 5.41) is 3.62. The molecule has 1 saturated heterocycles. The minimum Gasteiger partial charge on any atom is -0.360 e. The van der Waals surface area contributed by atoms with E-state index in [0.29, 0.717) is 24.2 Å². The zero-order valence-electron chi connectivity index (χ0n) is 15.4. The second kappa shape index (κ2) is 7.68. The molecule has 0 spiro atoms. The summed E-state index contributed by atoms with van der Waals surface area (Å²) in [6.07, 6.45) is 3.17. The monoisotopic (exact) mass is 375 g/mol. The van der Waals surface area contributed by atoms with E-state index in [4.69, 9.17) is 0 Å². The van der Waals surface area contributed by atoms with E-state index < -0.39 is 11.7 Å². The molecule has 1 unspecified atom stereocenters. The van der Waals surface area contributed by atoms with Crippen LogP contribution < -0.4 is 5.32 Å². The molecular weight excluding hydrogens is 354 g/mol. The number of fused-ring (bicyclic) bond motifs is 1. The Hall–Kier alpha value is -3.41. The SMILES string of the molecule is O=C(NCC1CCCN1C(=O)C(=O)c1c[nH]c2ccccc12)c1ccccc1. The molecule has 0 bridgehead atoms. The maximum Gasteiger partial charge on any atom is 0.295 e. The smallest absolute Gasteiger partial charge is 0.295 e. The Morgan fingerprint density at radius 3 is 2.61 bits per heavy atom. The van der Waals surface area contributed by atoms with Gasteiger partial charge in [-0.25, -0.2) is 0 Å². The van der Waals surface area contributed by atoms with Gasteiger partial charge in [0.05, 0.1) is 5.56 Å². The van der Waals surface area contributed by atoms with Crippen molar-refractivity contribution < 1.29 is 14.4 Å². The van der Waals surface area contributed by atoms with Gasteiger partial charge in [0.15, 0.2) is 0 Å². The number of aromatic amines is 1. The molecule has 28 heavy (non-hydrogen) atoms. The molecule has 6 heteroatoms. The fraction of sp³-hybridized carbons (Fsp3) is 0.227. The van der Waals surface area contributed by atoms with Crippen molar-refractivity contribution in [3.8, 4) is 0 Å². The summed E-state index contributed by atoms with van der Waals surface area (Å²) in [5.41, 5.74) is 1.79. The van der Waals surface area contributed by atoms with Crippen molar-refractivity contribution in [3.05, 3.63) is 71.9 Å². The van der Waals surface area contributed by atoms with E-state index in [1.165, 1.54) is 0 Å². The van der Waals surface area contributed by atoms with Crippen LogP contribution in [0.2, 0.25) is 0 Å². The third kappa shape index (κ3) is 3.41. The lowest BCUT2D eigenvalue weighted by Gasteiger charge is -2.24. The maximum absolute atomic E-state index is 12.9. The molecule has 1 atom stereocenters. The molecular formula is C22H21N3O3. The van der Waals surface area contributed by atoms with Crippen LogP contribution in [0, 0.1) is 0 Å². The first-order valence-electron chi connectivity index (χ1n) is 9.40. The number of rotatable bonds is 5. The Morgan fingerprint density at radius 2 is 1.79 bits per heavy atom. The lowest BCUT2D eigenvalue weighted by molar-refractivity contribution is -0.127. The number of carbonyl (C=O) groups is 3. The summed E-state index contributed by atoms with van der Waals surface area (Å²) in [4.78, 5) is 42.6. The number of nitrogens with one attached hydrogen (secondary N) is 2. The summed E-state index contributed by atoms with van der Waals surface area (Å²) in [6, 6.07) is 16.2. The molecule has 1 aliphatic heterocycles. The third-order valence-electron chi connectivity index (χ3n) is 5.20. The first kappa shape index (κ1) is 18.0. The molecule has 2 N–H and O–H groups in total. The van der Waals surface area contributed by atoms with Gasteiger partial charge in [0, 0.05) is 41.8 Å². The van der Waals surface area contributed by atoms with E-state index in [0.717, 1.165) is 23.7 Å². The lowest BCUT2D eigenvalue weighted by Crippen LogP contribution is -2.45. The highest BCUT2D eigenvalue weighted by atomic mass is 16.2. The van der Waals surface area contributed by atoms with Crippen LogP contribution >= 0.6 is 0 Å². The average molecular weight is 375 g/mol. The van der Waals surface area contributed by atoms with Gasteiger partial charge in [0.2, 0.25) is 0 Å². The highest BCUT2D eigenvalue weighted by Crippen LogP contribution is 2.22. The Balaban J connectivity index is 1.44. The minimum absolute atomic E-state index is 0.172. The molecule has 1 aromatic heterocycles. The van der Waals surface area contributed by atoms with Gasteiger partial charge in [0.1, 0.15) is 0 Å².